The molecular weight excluding hydrogens is 384 g/mol. The zero-order chi connectivity index (χ0) is 22.6. The highest BCUT2D eigenvalue weighted by Gasteiger charge is 2.57. The third-order valence-electron chi connectivity index (χ3n) is 8.13. The molecule has 30 heavy (non-hydrogen) atoms. The fraction of sp³-hybridized carbons (Fsp3) is 0.750. The van der Waals surface area contributed by atoms with Gasteiger partial charge in [0.1, 0.15) is 18.3 Å². The number of ether oxygens (including phenoxy) is 2. The topological polar surface area (TPSA) is 93.1 Å². The van der Waals surface area contributed by atoms with Gasteiger partial charge in [-0.3, -0.25) is 9.59 Å². The van der Waals surface area contributed by atoms with Crippen LogP contribution in [0, 0.1) is 22.7 Å². The van der Waals surface area contributed by atoms with Gasteiger partial charge in [-0.25, -0.2) is 0 Å². The Bertz CT molecular complexity index is 781. The predicted molar refractivity (Wildman–Crippen MR) is 112 cm³/mol. The number of aliphatic hydroxyl groups excluding tert-OH is 2. The molecule has 0 aromatic carbocycles. The molecule has 7 atom stereocenters. The summed E-state index contributed by atoms with van der Waals surface area (Å²) in [6.07, 6.45) is -0.274. The second kappa shape index (κ2) is 7.79. The number of aliphatic hydroxyl groups is 2. The quantitative estimate of drug-likeness (QED) is 0.526. The van der Waals surface area contributed by atoms with Crippen molar-refractivity contribution in [3.63, 3.8) is 0 Å². The van der Waals surface area contributed by atoms with Gasteiger partial charge in [0.15, 0.2) is 0 Å². The average Bonchev–Trinajstić information content (AvgIpc) is 2.62. The lowest BCUT2D eigenvalue weighted by molar-refractivity contribution is -0.153. The van der Waals surface area contributed by atoms with Crippen LogP contribution < -0.4 is 0 Å². The van der Waals surface area contributed by atoms with Gasteiger partial charge < -0.3 is 19.7 Å². The van der Waals surface area contributed by atoms with Crippen LogP contribution in [0.3, 0.4) is 0 Å². The Morgan fingerprint density at radius 1 is 1.03 bits per heavy atom. The van der Waals surface area contributed by atoms with E-state index in [-0.39, 0.29) is 35.3 Å². The van der Waals surface area contributed by atoms with Crippen LogP contribution in [-0.4, -0.2) is 46.6 Å². The first kappa shape index (κ1) is 23.0. The van der Waals surface area contributed by atoms with E-state index in [2.05, 4.69) is 20.4 Å². The molecule has 0 aromatic rings. The number of carbonyl (C=O) groups excluding carboxylic acids is 2. The van der Waals surface area contributed by atoms with Crippen molar-refractivity contribution >= 4 is 11.9 Å². The van der Waals surface area contributed by atoms with Crippen LogP contribution >= 0.6 is 0 Å². The standard InChI is InChI=1S/C24H36O6/c1-12-17-10-16-11-19(30-15(4)26)13(2)20(23(16,5)6)21(27)22(28)24(17,7)9-8-18(12)29-14(3)25/h16-19,21-22,27-28H,1,8-11H2,2-7H3. The monoisotopic (exact) mass is 420 g/mol. The molecule has 2 fully saturated rings. The second-order valence-electron chi connectivity index (χ2n) is 10.2. The van der Waals surface area contributed by atoms with Gasteiger partial charge in [-0.1, -0.05) is 27.4 Å². The molecule has 0 radical (unpaired) electrons. The van der Waals surface area contributed by atoms with Gasteiger partial charge in [-0.2, -0.15) is 0 Å². The molecule has 0 aromatic heterocycles. The van der Waals surface area contributed by atoms with E-state index in [0.717, 1.165) is 23.1 Å². The average molecular weight is 421 g/mol. The fourth-order valence-electron chi connectivity index (χ4n) is 6.34. The Morgan fingerprint density at radius 3 is 2.17 bits per heavy atom. The molecule has 168 valence electrons. The highest BCUT2D eigenvalue weighted by Crippen LogP contribution is 2.59. The summed E-state index contributed by atoms with van der Waals surface area (Å²) < 4.78 is 11.1. The summed E-state index contributed by atoms with van der Waals surface area (Å²) in [7, 11) is 0. The molecule has 0 heterocycles. The van der Waals surface area contributed by atoms with Crippen molar-refractivity contribution in [1.29, 1.82) is 0 Å². The molecule has 3 rings (SSSR count). The highest BCUT2D eigenvalue weighted by molar-refractivity contribution is 5.67. The smallest absolute Gasteiger partial charge is 0.303 e. The van der Waals surface area contributed by atoms with Crippen LogP contribution in [0.2, 0.25) is 0 Å². The Kier molecular flexibility index (Phi) is 5.98. The van der Waals surface area contributed by atoms with Gasteiger partial charge in [-0.15, -0.1) is 0 Å². The van der Waals surface area contributed by atoms with E-state index in [4.69, 9.17) is 9.47 Å². The summed E-state index contributed by atoms with van der Waals surface area (Å²) in [6, 6.07) is 0. The van der Waals surface area contributed by atoms with E-state index < -0.39 is 23.7 Å². The lowest BCUT2D eigenvalue weighted by Gasteiger charge is -2.57. The van der Waals surface area contributed by atoms with E-state index in [1.807, 2.05) is 13.8 Å². The van der Waals surface area contributed by atoms with Crippen molar-refractivity contribution in [3.8, 4) is 0 Å². The van der Waals surface area contributed by atoms with Gasteiger partial charge in [0.25, 0.3) is 0 Å². The minimum Gasteiger partial charge on any atom is -0.458 e. The number of rotatable bonds is 2. The lowest BCUT2D eigenvalue weighted by Crippen LogP contribution is -2.57. The van der Waals surface area contributed by atoms with Crippen molar-refractivity contribution in [1.82, 2.24) is 0 Å². The van der Waals surface area contributed by atoms with Gasteiger partial charge >= 0.3 is 11.9 Å². The minimum atomic E-state index is -1.06. The summed E-state index contributed by atoms with van der Waals surface area (Å²) in [4.78, 5) is 23.3. The van der Waals surface area contributed by atoms with Gasteiger partial charge in [0, 0.05) is 19.3 Å². The van der Waals surface area contributed by atoms with E-state index in [1.165, 1.54) is 13.8 Å². The lowest BCUT2D eigenvalue weighted by atomic mass is 9.50. The molecule has 0 aliphatic heterocycles. The fourth-order valence-corrected chi connectivity index (χ4v) is 6.34. The largest absolute Gasteiger partial charge is 0.458 e. The summed E-state index contributed by atoms with van der Waals surface area (Å²) in [5.41, 5.74) is 1.47. The summed E-state index contributed by atoms with van der Waals surface area (Å²) in [5.74, 6) is -0.710. The Labute approximate surface area is 179 Å². The molecule has 6 heteroatoms. The second-order valence-corrected chi connectivity index (χ2v) is 10.2. The molecule has 2 saturated carbocycles. The van der Waals surface area contributed by atoms with Crippen molar-refractivity contribution in [2.24, 2.45) is 22.7 Å². The van der Waals surface area contributed by atoms with Gasteiger partial charge in [0.2, 0.25) is 0 Å². The van der Waals surface area contributed by atoms with Crippen LogP contribution in [0.4, 0.5) is 0 Å². The molecule has 0 saturated heterocycles. The van der Waals surface area contributed by atoms with Crippen LogP contribution in [0.25, 0.3) is 0 Å². The molecule has 3 aliphatic rings. The van der Waals surface area contributed by atoms with Crippen molar-refractivity contribution in [2.75, 3.05) is 0 Å². The molecule has 6 nitrogen and oxygen atoms in total. The molecule has 2 bridgehead atoms. The van der Waals surface area contributed by atoms with Crippen LogP contribution in [0.5, 0.6) is 0 Å². The number of carbonyl (C=O) groups is 2. The predicted octanol–water partition coefficient (Wildman–Crippen LogP) is 3.31. The SMILES string of the molecule is C=C1C(OC(C)=O)CCC2(C)C1CC1CC(OC(C)=O)C(C)=C(C(O)C2O)C1(C)C. The van der Waals surface area contributed by atoms with E-state index in [9.17, 15) is 19.8 Å². The first-order chi connectivity index (χ1) is 13.8. The maximum absolute atomic E-state index is 11.7. The zero-order valence-electron chi connectivity index (χ0n) is 19.0. The third kappa shape index (κ3) is 3.62. The Hall–Kier alpha value is -1.66. The minimum absolute atomic E-state index is 0.111. The maximum atomic E-state index is 11.7. The van der Waals surface area contributed by atoms with Gasteiger partial charge in [-0.05, 0) is 66.6 Å². The van der Waals surface area contributed by atoms with Crippen molar-refractivity contribution in [2.45, 2.75) is 91.6 Å². The van der Waals surface area contributed by atoms with Crippen LogP contribution in [0.1, 0.15) is 67.2 Å². The molecule has 2 N–H and O–H groups in total. The van der Waals surface area contributed by atoms with E-state index >= 15 is 0 Å². The van der Waals surface area contributed by atoms with Crippen molar-refractivity contribution < 1.29 is 29.3 Å². The number of hydrogen-bond donors (Lipinski definition) is 2. The summed E-state index contributed by atoms with van der Waals surface area (Å²) in [5, 5.41) is 22.8. The van der Waals surface area contributed by atoms with Crippen LogP contribution in [0.15, 0.2) is 23.3 Å². The van der Waals surface area contributed by atoms with E-state index in [0.29, 0.717) is 19.3 Å². The van der Waals surface area contributed by atoms with Crippen molar-refractivity contribution in [3.05, 3.63) is 23.3 Å². The summed E-state index contributed by atoms with van der Waals surface area (Å²) in [6.45, 7) is 15.2. The van der Waals surface area contributed by atoms with Crippen LogP contribution in [-0.2, 0) is 19.1 Å². The Morgan fingerprint density at radius 2 is 1.60 bits per heavy atom. The first-order valence-electron chi connectivity index (χ1n) is 10.9. The number of esters is 2. The third-order valence-corrected chi connectivity index (χ3v) is 8.13. The number of fused-ring (bicyclic) bond motifs is 3. The number of hydrogen-bond acceptors (Lipinski definition) is 6. The molecule has 0 spiro atoms. The van der Waals surface area contributed by atoms with E-state index in [1.54, 1.807) is 0 Å². The molecular formula is C24H36O6. The molecule has 3 aliphatic carbocycles. The normalized spacial score (nSPS) is 40.7. The molecule has 0 amide bonds. The molecule has 7 unspecified atom stereocenters. The van der Waals surface area contributed by atoms with Gasteiger partial charge in [0.05, 0.1) is 6.10 Å². The first-order valence-corrected chi connectivity index (χ1v) is 10.9. The highest BCUT2D eigenvalue weighted by atomic mass is 16.5. The summed E-state index contributed by atoms with van der Waals surface area (Å²) >= 11 is 0. The Balaban J connectivity index is 2.09. The maximum Gasteiger partial charge on any atom is 0.303 e. The zero-order valence-corrected chi connectivity index (χ0v) is 19.0.